The fraction of sp³-hybridized carbons (Fsp3) is 0.105. The Labute approximate surface area is 171 Å². The first-order chi connectivity index (χ1) is 13.7. The maximum absolute atomic E-state index is 13.6. The Bertz CT molecular complexity index is 1290. The maximum atomic E-state index is 13.6. The van der Waals surface area contributed by atoms with Gasteiger partial charge in [-0.1, -0.05) is 0 Å². The van der Waals surface area contributed by atoms with Gasteiger partial charge in [0.1, 0.15) is 16.0 Å². The zero-order valence-corrected chi connectivity index (χ0v) is 16.6. The van der Waals surface area contributed by atoms with Gasteiger partial charge in [0.05, 0.1) is 18.2 Å². The summed E-state index contributed by atoms with van der Waals surface area (Å²) in [6.07, 6.45) is 0. The molecule has 0 fully saturated rings. The Balaban J connectivity index is 2.22. The van der Waals surface area contributed by atoms with E-state index in [1.165, 1.54) is 18.2 Å². The SMILES string of the molecule is Cc1cc(C#N)cc(C(=O)c2c(Br)c(=O)[nH]c(=O)n2Cc2cc(N)nc(F)c2)c1. The van der Waals surface area contributed by atoms with Crippen molar-refractivity contribution in [2.24, 2.45) is 0 Å². The summed E-state index contributed by atoms with van der Waals surface area (Å²) in [5.74, 6) is -1.59. The Morgan fingerprint density at radius 2 is 2.03 bits per heavy atom. The number of nitrogens with two attached hydrogens (primary N) is 1. The third kappa shape index (κ3) is 4.14. The molecule has 2 heterocycles. The van der Waals surface area contributed by atoms with E-state index in [9.17, 15) is 18.8 Å². The number of carbonyl (C=O) groups excluding carboxylic acids is 1. The summed E-state index contributed by atoms with van der Waals surface area (Å²) >= 11 is 3.06. The van der Waals surface area contributed by atoms with Gasteiger partial charge in [0.15, 0.2) is 0 Å². The highest BCUT2D eigenvalue weighted by Crippen LogP contribution is 2.19. The Morgan fingerprint density at radius 3 is 2.69 bits per heavy atom. The molecule has 0 radical (unpaired) electrons. The Morgan fingerprint density at radius 1 is 1.31 bits per heavy atom. The Kier molecular flexibility index (Phi) is 5.43. The second kappa shape index (κ2) is 7.81. The monoisotopic (exact) mass is 457 g/mol. The molecule has 0 aliphatic carbocycles. The van der Waals surface area contributed by atoms with Gasteiger partial charge >= 0.3 is 5.69 Å². The topological polar surface area (TPSA) is 135 Å². The molecule has 1 aromatic carbocycles. The number of rotatable bonds is 4. The number of nitrogens with zero attached hydrogens (tertiary/aromatic N) is 3. The van der Waals surface area contributed by atoms with Crippen molar-refractivity contribution in [2.75, 3.05) is 5.73 Å². The molecule has 3 rings (SSSR count). The maximum Gasteiger partial charge on any atom is 0.329 e. The van der Waals surface area contributed by atoms with E-state index in [1.807, 2.05) is 6.07 Å². The lowest BCUT2D eigenvalue weighted by molar-refractivity contribution is 0.102. The lowest BCUT2D eigenvalue weighted by atomic mass is 10.0. The third-order valence-electron chi connectivity index (χ3n) is 4.04. The number of aromatic amines is 1. The van der Waals surface area contributed by atoms with Crippen molar-refractivity contribution in [3.8, 4) is 6.07 Å². The summed E-state index contributed by atoms with van der Waals surface area (Å²) in [6.45, 7) is 1.47. The molecule has 3 aromatic rings. The van der Waals surface area contributed by atoms with Crippen LogP contribution >= 0.6 is 15.9 Å². The number of aryl methyl sites for hydroxylation is 1. The van der Waals surface area contributed by atoms with Crippen molar-refractivity contribution in [3.05, 3.63) is 89.5 Å². The van der Waals surface area contributed by atoms with E-state index in [2.05, 4.69) is 25.9 Å². The second-order valence-corrected chi connectivity index (χ2v) is 7.05. The van der Waals surface area contributed by atoms with E-state index in [4.69, 9.17) is 11.0 Å². The normalized spacial score (nSPS) is 10.6. The average Bonchev–Trinajstić information content (AvgIpc) is 2.64. The molecular weight excluding hydrogens is 445 g/mol. The summed E-state index contributed by atoms with van der Waals surface area (Å²) in [6, 6.07) is 8.87. The van der Waals surface area contributed by atoms with Gasteiger partial charge in [-0.25, -0.2) is 9.78 Å². The van der Waals surface area contributed by atoms with E-state index in [0.29, 0.717) is 5.56 Å². The number of halogens is 2. The number of hydrogen-bond donors (Lipinski definition) is 2. The second-order valence-electron chi connectivity index (χ2n) is 6.26. The first-order valence-corrected chi connectivity index (χ1v) is 9.00. The fourth-order valence-corrected chi connectivity index (χ4v) is 3.38. The van der Waals surface area contributed by atoms with Crippen LogP contribution in [0.3, 0.4) is 0 Å². The summed E-state index contributed by atoms with van der Waals surface area (Å²) < 4.78 is 14.4. The van der Waals surface area contributed by atoms with E-state index in [-0.39, 0.29) is 39.2 Å². The summed E-state index contributed by atoms with van der Waals surface area (Å²) in [5, 5.41) is 9.15. The molecule has 2 aromatic heterocycles. The molecule has 0 aliphatic heterocycles. The van der Waals surface area contributed by atoms with Crippen LogP contribution in [0.1, 0.15) is 32.7 Å². The number of H-pyrrole nitrogens is 1. The molecule has 146 valence electrons. The van der Waals surface area contributed by atoms with Gasteiger partial charge in [-0.05, 0) is 64.3 Å². The molecule has 0 aliphatic rings. The molecular formula is C19H13BrFN5O3. The zero-order valence-electron chi connectivity index (χ0n) is 15.0. The largest absolute Gasteiger partial charge is 0.384 e. The molecule has 29 heavy (non-hydrogen) atoms. The number of nitriles is 1. The first-order valence-electron chi connectivity index (χ1n) is 8.20. The van der Waals surface area contributed by atoms with E-state index in [0.717, 1.165) is 10.6 Å². The molecule has 8 nitrogen and oxygen atoms in total. The van der Waals surface area contributed by atoms with Gasteiger partial charge in [0.2, 0.25) is 11.7 Å². The van der Waals surface area contributed by atoms with Crippen LogP contribution in [0.4, 0.5) is 10.2 Å². The number of pyridine rings is 1. The summed E-state index contributed by atoms with van der Waals surface area (Å²) in [7, 11) is 0. The Hall–Kier alpha value is -3.58. The molecule has 0 atom stereocenters. The van der Waals surface area contributed by atoms with Crippen LogP contribution < -0.4 is 17.0 Å². The number of anilines is 1. The zero-order chi connectivity index (χ0) is 21.3. The number of nitrogen functional groups attached to an aromatic ring is 1. The number of hydrogen-bond acceptors (Lipinski definition) is 6. The predicted octanol–water partition coefficient (Wildman–Crippen LogP) is 1.87. The van der Waals surface area contributed by atoms with Crippen molar-refractivity contribution in [3.63, 3.8) is 0 Å². The summed E-state index contributed by atoms with van der Waals surface area (Å²) in [4.78, 5) is 43.2. The van der Waals surface area contributed by atoms with Crippen molar-refractivity contribution in [1.29, 1.82) is 5.26 Å². The lowest BCUT2D eigenvalue weighted by Gasteiger charge is -2.14. The van der Waals surface area contributed by atoms with Crippen molar-refractivity contribution >= 4 is 27.5 Å². The van der Waals surface area contributed by atoms with E-state index >= 15 is 0 Å². The molecule has 0 amide bonds. The fourth-order valence-electron chi connectivity index (χ4n) is 2.88. The molecule has 3 N–H and O–H groups in total. The van der Waals surface area contributed by atoms with Crippen molar-refractivity contribution in [2.45, 2.75) is 13.5 Å². The van der Waals surface area contributed by atoms with Gasteiger partial charge in [-0.3, -0.25) is 19.1 Å². The van der Waals surface area contributed by atoms with Crippen LogP contribution in [-0.4, -0.2) is 20.3 Å². The standard InChI is InChI=1S/C19H13BrFN5O3/c1-9-2-10(7-22)4-12(3-9)17(27)16-15(20)18(28)25-19(29)26(16)8-11-5-13(21)24-14(23)6-11/h2-6H,8H2,1H3,(H2,23,24)(H,25,28,29). The van der Waals surface area contributed by atoms with Crippen LogP contribution in [0.25, 0.3) is 0 Å². The molecule has 0 saturated heterocycles. The number of carbonyl (C=O) groups is 1. The number of benzene rings is 1. The number of aromatic nitrogens is 3. The van der Waals surface area contributed by atoms with Crippen LogP contribution in [-0.2, 0) is 6.54 Å². The predicted molar refractivity (Wildman–Crippen MR) is 106 cm³/mol. The van der Waals surface area contributed by atoms with Gasteiger partial charge in [0.25, 0.3) is 5.56 Å². The minimum absolute atomic E-state index is 0.0956. The van der Waals surface area contributed by atoms with Gasteiger partial charge in [-0.2, -0.15) is 9.65 Å². The molecule has 0 saturated carbocycles. The van der Waals surface area contributed by atoms with Crippen LogP contribution in [0.2, 0.25) is 0 Å². The van der Waals surface area contributed by atoms with Crippen LogP contribution in [0, 0.1) is 24.2 Å². The molecule has 0 unspecified atom stereocenters. The van der Waals surface area contributed by atoms with E-state index < -0.39 is 23.0 Å². The third-order valence-corrected chi connectivity index (χ3v) is 4.78. The van der Waals surface area contributed by atoms with E-state index in [1.54, 1.807) is 13.0 Å². The van der Waals surface area contributed by atoms with Crippen LogP contribution in [0.15, 0.2) is 44.4 Å². The number of ketones is 1. The number of nitrogens with one attached hydrogen (secondary N) is 1. The van der Waals surface area contributed by atoms with Gasteiger partial charge in [0, 0.05) is 5.56 Å². The first kappa shape index (κ1) is 20.2. The highest BCUT2D eigenvalue weighted by molar-refractivity contribution is 9.10. The minimum atomic E-state index is -0.856. The lowest BCUT2D eigenvalue weighted by Crippen LogP contribution is -2.35. The minimum Gasteiger partial charge on any atom is -0.384 e. The quantitative estimate of drug-likeness (QED) is 0.453. The van der Waals surface area contributed by atoms with Crippen molar-refractivity contribution < 1.29 is 9.18 Å². The summed E-state index contributed by atoms with van der Waals surface area (Å²) in [5.41, 5.74) is 4.97. The van der Waals surface area contributed by atoms with Gasteiger partial charge < -0.3 is 5.73 Å². The van der Waals surface area contributed by atoms with Crippen LogP contribution in [0.5, 0.6) is 0 Å². The molecule has 0 bridgehead atoms. The van der Waals surface area contributed by atoms with Gasteiger partial charge in [-0.15, -0.1) is 0 Å². The smallest absolute Gasteiger partial charge is 0.329 e. The highest BCUT2D eigenvalue weighted by atomic mass is 79.9. The molecule has 10 heteroatoms. The highest BCUT2D eigenvalue weighted by Gasteiger charge is 2.22. The van der Waals surface area contributed by atoms with Crippen molar-refractivity contribution in [1.82, 2.24) is 14.5 Å². The average molecular weight is 458 g/mol. The molecule has 0 spiro atoms.